The van der Waals surface area contributed by atoms with Crippen molar-refractivity contribution in [1.82, 2.24) is 30.2 Å². The zero-order valence-electron chi connectivity index (χ0n) is 13.8. The van der Waals surface area contributed by atoms with Crippen molar-refractivity contribution in [3.8, 4) is 0 Å². The van der Waals surface area contributed by atoms with Crippen molar-refractivity contribution in [1.29, 1.82) is 0 Å². The van der Waals surface area contributed by atoms with Crippen molar-refractivity contribution >= 4 is 29.9 Å². The summed E-state index contributed by atoms with van der Waals surface area (Å²) in [5.41, 5.74) is 1.20. The van der Waals surface area contributed by atoms with Crippen LogP contribution >= 0.6 is 24.0 Å². The van der Waals surface area contributed by atoms with Crippen LogP contribution in [0.2, 0.25) is 0 Å². The van der Waals surface area contributed by atoms with Crippen molar-refractivity contribution in [2.24, 2.45) is 4.99 Å². The van der Waals surface area contributed by atoms with E-state index in [0.29, 0.717) is 0 Å². The fourth-order valence-corrected chi connectivity index (χ4v) is 2.14. The van der Waals surface area contributed by atoms with E-state index >= 15 is 0 Å². The van der Waals surface area contributed by atoms with Crippen LogP contribution in [0.25, 0.3) is 0 Å². The molecule has 0 unspecified atom stereocenters. The lowest BCUT2D eigenvalue weighted by Gasteiger charge is -2.11. The lowest BCUT2D eigenvalue weighted by atomic mass is 10.4. The van der Waals surface area contributed by atoms with Gasteiger partial charge < -0.3 is 10.6 Å². The van der Waals surface area contributed by atoms with Gasteiger partial charge in [0.1, 0.15) is 0 Å². The Labute approximate surface area is 154 Å². The molecule has 8 heteroatoms. The van der Waals surface area contributed by atoms with E-state index in [4.69, 9.17) is 0 Å². The van der Waals surface area contributed by atoms with Gasteiger partial charge in [-0.05, 0) is 31.4 Å². The van der Waals surface area contributed by atoms with E-state index in [1.165, 1.54) is 5.56 Å². The Hall–Kier alpha value is -1.58. The first kappa shape index (κ1) is 19.5. The average Bonchev–Trinajstić information content (AvgIpc) is 3.17. The van der Waals surface area contributed by atoms with Gasteiger partial charge in [-0.3, -0.25) is 14.4 Å². The number of halogens is 1. The van der Waals surface area contributed by atoms with Gasteiger partial charge in [0.25, 0.3) is 0 Å². The number of aryl methyl sites for hydroxylation is 3. The van der Waals surface area contributed by atoms with E-state index in [0.717, 1.165) is 45.0 Å². The van der Waals surface area contributed by atoms with E-state index in [2.05, 4.69) is 38.9 Å². The van der Waals surface area contributed by atoms with Gasteiger partial charge in [-0.1, -0.05) is 0 Å². The third kappa shape index (κ3) is 7.49. The van der Waals surface area contributed by atoms with Gasteiger partial charge in [0.2, 0.25) is 0 Å². The molecule has 128 valence electrons. The largest absolute Gasteiger partial charge is 0.356 e. The van der Waals surface area contributed by atoms with Gasteiger partial charge in [-0.2, -0.15) is 10.2 Å². The first-order valence-electron chi connectivity index (χ1n) is 7.69. The Morgan fingerprint density at radius 1 is 1.13 bits per heavy atom. The molecule has 7 nitrogen and oxygen atoms in total. The molecule has 23 heavy (non-hydrogen) atoms. The summed E-state index contributed by atoms with van der Waals surface area (Å²) in [7, 11) is 1.79. The molecule has 0 bridgehead atoms. The monoisotopic (exact) mass is 431 g/mol. The second-order valence-electron chi connectivity index (χ2n) is 5.18. The minimum Gasteiger partial charge on any atom is -0.356 e. The first-order valence-corrected chi connectivity index (χ1v) is 7.69. The van der Waals surface area contributed by atoms with Gasteiger partial charge in [-0.25, -0.2) is 0 Å². The topological polar surface area (TPSA) is 72.1 Å². The van der Waals surface area contributed by atoms with Crippen LogP contribution in [-0.2, 0) is 13.1 Å². The van der Waals surface area contributed by atoms with Crippen LogP contribution in [0.4, 0.5) is 0 Å². The zero-order valence-corrected chi connectivity index (χ0v) is 16.1. The summed E-state index contributed by atoms with van der Waals surface area (Å²) in [5.74, 6) is 0.845. The number of aliphatic imine (C=N–C) groups is 1. The Morgan fingerprint density at radius 3 is 2.35 bits per heavy atom. The number of rotatable bonds is 8. The number of hydrogen-bond acceptors (Lipinski definition) is 3. The van der Waals surface area contributed by atoms with Crippen LogP contribution in [0.3, 0.4) is 0 Å². The molecule has 0 aliphatic rings. The van der Waals surface area contributed by atoms with Crippen LogP contribution < -0.4 is 10.6 Å². The standard InChI is InChI=1S/C15H25N7.HI/c1-14-12-20-22(13-14)11-4-7-18-15(16-2)17-6-3-9-21-10-5-8-19-21;/h5,8,10,12-13H,3-4,6-7,9,11H2,1-2H3,(H2,16,17,18);1H. The number of nitrogens with one attached hydrogen (secondary N) is 2. The second kappa shape index (κ2) is 11.0. The summed E-state index contributed by atoms with van der Waals surface area (Å²) < 4.78 is 3.90. The summed E-state index contributed by atoms with van der Waals surface area (Å²) >= 11 is 0. The van der Waals surface area contributed by atoms with Gasteiger partial charge in [0, 0.05) is 51.8 Å². The SMILES string of the molecule is CN=C(NCCCn1cccn1)NCCCn1cc(C)cn1.I. The normalized spacial score (nSPS) is 11.1. The molecule has 2 heterocycles. The maximum Gasteiger partial charge on any atom is 0.190 e. The van der Waals surface area contributed by atoms with E-state index in [1.54, 1.807) is 13.2 Å². The van der Waals surface area contributed by atoms with Crippen LogP contribution in [0, 0.1) is 6.92 Å². The fraction of sp³-hybridized carbons (Fsp3) is 0.533. The predicted octanol–water partition coefficient (Wildman–Crippen LogP) is 1.65. The van der Waals surface area contributed by atoms with Crippen LogP contribution in [0.15, 0.2) is 35.8 Å². The summed E-state index contributed by atoms with van der Waals surface area (Å²) in [4.78, 5) is 4.22. The van der Waals surface area contributed by atoms with Crippen LogP contribution in [0.1, 0.15) is 18.4 Å². The fourth-order valence-electron chi connectivity index (χ4n) is 2.14. The molecule has 0 atom stereocenters. The molecule has 0 aromatic carbocycles. The number of guanidine groups is 1. The van der Waals surface area contributed by atoms with Gasteiger partial charge in [0.15, 0.2) is 5.96 Å². The van der Waals surface area contributed by atoms with Gasteiger partial charge in [0.05, 0.1) is 6.20 Å². The maximum absolute atomic E-state index is 4.27. The molecule has 0 amide bonds. The highest BCUT2D eigenvalue weighted by molar-refractivity contribution is 14.0. The van der Waals surface area contributed by atoms with Crippen molar-refractivity contribution in [2.45, 2.75) is 32.9 Å². The van der Waals surface area contributed by atoms with Crippen molar-refractivity contribution in [3.05, 3.63) is 36.4 Å². The highest BCUT2D eigenvalue weighted by Gasteiger charge is 1.98. The third-order valence-corrected chi connectivity index (χ3v) is 3.26. The van der Waals surface area contributed by atoms with Crippen LogP contribution in [0.5, 0.6) is 0 Å². The highest BCUT2D eigenvalue weighted by Crippen LogP contribution is 1.95. The number of nitrogens with zero attached hydrogens (tertiary/aromatic N) is 5. The molecule has 2 aromatic heterocycles. The summed E-state index contributed by atoms with van der Waals surface area (Å²) in [6.45, 7) is 5.62. The van der Waals surface area contributed by atoms with E-state index in [9.17, 15) is 0 Å². The summed E-state index contributed by atoms with van der Waals surface area (Å²) in [6, 6.07) is 1.94. The summed E-state index contributed by atoms with van der Waals surface area (Å²) in [6.07, 6.45) is 9.74. The average molecular weight is 431 g/mol. The Balaban J connectivity index is 0.00000264. The second-order valence-corrected chi connectivity index (χ2v) is 5.18. The zero-order chi connectivity index (χ0) is 15.6. The smallest absolute Gasteiger partial charge is 0.190 e. The number of hydrogen-bond donors (Lipinski definition) is 2. The quantitative estimate of drug-likeness (QED) is 0.289. The molecular formula is C15H26IN7. The minimum absolute atomic E-state index is 0. The highest BCUT2D eigenvalue weighted by atomic mass is 127. The Bertz CT molecular complexity index is 562. The molecule has 0 aliphatic heterocycles. The molecule has 0 saturated carbocycles. The molecule has 2 rings (SSSR count). The van der Waals surface area contributed by atoms with E-state index in [-0.39, 0.29) is 24.0 Å². The molecule has 0 fully saturated rings. The van der Waals surface area contributed by atoms with Gasteiger partial charge in [-0.15, -0.1) is 24.0 Å². The molecule has 0 spiro atoms. The minimum atomic E-state index is 0. The lowest BCUT2D eigenvalue weighted by molar-refractivity contribution is 0.560. The first-order chi connectivity index (χ1) is 10.8. The Morgan fingerprint density at radius 2 is 1.83 bits per heavy atom. The third-order valence-electron chi connectivity index (χ3n) is 3.26. The maximum atomic E-state index is 4.27. The predicted molar refractivity (Wildman–Crippen MR) is 103 cm³/mol. The molecule has 2 N–H and O–H groups in total. The van der Waals surface area contributed by atoms with Crippen molar-refractivity contribution in [2.75, 3.05) is 20.1 Å². The van der Waals surface area contributed by atoms with E-state index < -0.39 is 0 Å². The molecule has 0 saturated heterocycles. The van der Waals surface area contributed by atoms with Gasteiger partial charge >= 0.3 is 0 Å². The summed E-state index contributed by atoms with van der Waals surface area (Å²) in [5, 5.41) is 15.1. The van der Waals surface area contributed by atoms with E-state index in [1.807, 2.05) is 27.8 Å². The lowest BCUT2D eigenvalue weighted by Crippen LogP contribution is -2.38. The molecular weight excluding hydrogens is 405 g/mol. The molecule has 0 radical (unpaired) electrons. The van der Waals surface area contributed by atoms with Crippen molar-refractivity contribution in [3.63, 3.8) is 0 Å². The van der Waals surface area contributed by atoms with Crippen molar-refractivity contribution < 1.29 is 0 Å². The number of aromatic nitrogens is 4. The Kier molecular flexibility index (Phi) is 9.34. The molecule has 0 aliphatic carbocycles. The molecule has 2 aromatic rings. The van der Waals surface area contributed by atoms with Crippen LogP contribution in [-0.4, -0.2) is 45.7 Å².